The Bertz CT molecular complexity index is 891. The fourth-order valence-electron chi connectivity index (χ4n) is 2.64. The number of rotatable bonds is 6. The highest BCUT2D eigenvalue weighted by atomic mass is 16.5. The molecule has 0 unspecified atom stereocenters. The van der Waals surface area contributed by atoms with Crippen LogP contribution in [0.25, 0.3) is 0 Å². The molecule has 2 N–H and O–H groups in total. The molecule has 26 heavy (non-hydrogen) atoms. The molecule has 3 rings (SSSR count). The van der Waals surface area contributed by atoms with Crippen molar-refractivity contribution in [2.75, 3.05) is 17.2 Å². The standard InChI is InChI=1S/C21H24N4O/c1-5-26-18-11-9-17(10-12-18)23-21-22-15(3)13-20(25-21)24-19-8-6-7-14(2)16(19)4/h6-13H,5H2,1-4H3,(H2,22,23,24,25). The first kappa shape index (κ1) is 17.7. The Morgan fingerprint density at radius 1 is 0.923 bits per heavy atom. The molecule has 0 aliphatic rings. The fraction of sp³-hybridized carbons (Fsp3) is 0.238. The smallest absolute Gasteiger partial charge is 0.229 e. The Hall–Kier alpha value is -3.08. The first-order chi connectivity index (χ1) is 12.5. The highest BCUT2D eigenvalue weighted by Gasteiger charge is 2.06. The molecule has 0 aliphatic heterocycles. The van der Waals surface area contributed by atoms with E-state index in [-0.39, 0.29) is 0 Å². The van der Waals surface area contributed by atoms with E-state index in [1.165, 1.54) is 11.1 Å². The van der Waals surface area contributed by atoms with Crippen LogP contribution in [0.3, 0.4) is 0 Å². The van der Waals surface area contributed by atoms with Crippen LogP contribution in [-0.2, 0) is 0 Å². The normalized spacial score (nSPS) is 10.5. The van der Waals surface area contributed by atoms with E-state index < -0.39 is 0 Å². The SMILES string of the molecule is CCOc1ccc(Nc2nc(C)cc(Nc3cccc(C)c3C)n2)cc1. The van der Waals surface area contributed by atoms with Gasteiger partial charge in [0.05, 0.1) is 6.61 Å². The highest BCUT2D eigenvalue weighted by molar-refractivity contribution is 5.64. The lowest BCUT2D eigenvalue weighted by Gasteiger charge is -2.13. The second-order valence-electron chi connectivity index (χ2n) is 6.17. The first-order valence-corrected chi connectivity index (χ1v) is 8.74. The number of ether oxygens (including phenoxy) is 1. The van der Waals surface area contributed by atoms with Crippen molar-refractivity contribution >= 4 is 23.1 Å². The lowest BCUT2D eigenvalue weighted by molar-refractivity contribution is 0.340. The fourth-order valence-corrected chi connectivity index (χ4v) is 2.64. The molecular formula is C21H24N4O. The summed E-state index contributed by atoms with van der Waals surface area (Å²) in [6.07, 6.45) is 0. The van der Waals surface area contributed by atoms with Crippen LogP contribution in [0, 0.1) is 20.8 Å². The quantitative estimate of drug-likeness (QED) is 0.634. The van der Waals surface area contributed by atoms with Gasteiger partial charge in [0.2, 0.25) is 5.95 Å². The number of nitrogens with zero attached hydrogens (tertiary/aromatic N) is 2. The van der Waals surface area contributed by atoms with Gasteiger partial charge in [-0.15, -0.1) is 0 Å². The van der Waals surface area contributed by atoms with Gasteiger partial charge in [0, 0.05) is 23.1 Å². The van der Waals surface area contributed by atoms with Gasteiger partial charge in [-0.2, -0.15) is 4.98 Å². The van der Waals surface area contributed by atoms with Crippen LogP contribution in [0.2, 0.25) is 0 Å². The summed E-state index contributed by atoms with van der Waals surface area (Å²) in [5, 5.41) is 6.64. The van der Waals surface area contributed by atoms with Crippen LogP contribution in [0.4, 0.5) is 23.1 Å². The van der Waals surface area contributed by atoms with Crippen LogP contribution >= 0.6 is 0 Å². The minimum Gasteiger partial charge on any atom is -0.494 e. The molecule has 3 aromatic rings. The van der Waals surface area contributed by atoms with Crippen molar-refractivity contribution < 1.29 is 4.74 Å². The van der Waals surface area contributed by atoms with Crippen molar-refractivity contribution in [3.05, 3.63) is 65.4 Å². The van der Waals surface area contributed by atoms with Crippen molar-refractivity contribution in [3.63, 3.8) is 0 Å². The molecule has 0 radical (unpaired) electrons. The molecule has 0 bridgehead atoms. The minimum atomic E-state index is 0.557. The van der Waals surface area contributed by atoms with Gasteiger partial charge < -0.3 is 15.4 Å². The van der Waals surface area contributed by atoms with Gasteiger partial charge in [-0.25, -0.2) is 4.98 Å². The Labute approximate surface area is 154 Å². The minimum absolute atomic E-state index is 0.557. The number of aryl methyl sites for hydroxylation is 2. The number of hydrogen-bond acceptors (Lipinski definition) is 5. The van der Waals surface area contributed by atoms with E-state index in [1.807, 2.05) is 50.2 Å². The predicted molar refractivity (Wildman–Crippen MR) is 107 cm³/mol. The summed E-state index contributed by atoms with van der Waals surface area (Å²) in [6, 6.07) is 15.9. The molecule has 0 fully saturated rings. The number of benzene rings is 2. The molecule has 2 aromatic carbocycles. The topological polar surface area (TPSA) is 59.1 Å². The van der Waals surface area contributed by atoms with Crippen LogP contribution in [0.5, 0.6) is 5.75 Å². The van der Waals surface area contributed by atoms with Crippen molar-refractivity contribution in [2.24, 2.45) is 0 Å². The van der Waals surface area contributed by atoms with E-state index in [0.717, 1.165) is 28.6 Å². The Balaban J connectivity index is 1.80. The molecule has 5 nitrogen and oxygen atoms in total. The molecule has 0 aliphatic carbocycles. The maximum absolute atomic E-state index is 5.47. The van der Waals surface area contributed by atoms with E-state index in [1.54, 1.807) is 0 Å². The van der Waals surface area contributed by atoms with Crippen molar-refractivity contribution in [1.29, 1.82) is 0 Å². The second-order valence-corrected chi connectivity index (χ2v) is 6.17. The summed E-state index contributed by atoms with van der Waals surface area (Å²) in [5.74, 6) is 2.17. The van der Waals surface area contributed by atoms with Crippen LogP contribution < -0.4 is 15.4 Å². The molecule has 5 heteroatoms. The zero-order valence-corrected chi connectivity index (χ0v) is 15.6. The molecule has 0 amide bonds. The van der Waals surface area contributed by atoms with Gasteiger partial charge in [-0.05, 0) is 69.2 Å². The molecular weight excluding hydrogens is 324 g/mol. The molecule has 1 heterocycles. The largest absolute Gasteiger partial charge is 0.494 e. The van der Waals surface area contributed by atoms with Gasteiger partial charge >= 0.3 is 0 Å². The van der Waals surface area contributed by atoms with E-state index in [9.17, 15) is 0 Å². The van der Waals surface area contributed by atoms with Crippen molar-refractivity contribution in [1.82, 2.24) is 9.97 Å². The summed E-state index contributed by atoms with van der Waals surface area (Å²) in [5.41, 5.74) is 5.31. The van der Waals surface area contributed by atoms with E-state index in [0.29, 0.717) is 12.6 Å². The number of hydrogen-bond donors (Lipinski definition) is 2. The highest BCUT2D eigenvalue weighted by Crippen LogP contribution is 2.24. The summed E-state index contributed by atoms with van der Waals surface area (Å²) < 4.78 is 5.47. The van der Waals surface area contributed by atoms with Gasteiger partial charge in [0.15, 0.2) is 0 Å². The van der Waals surface area contributed by atoms with Crippen LogP contribution in [0.1, 0.15) is 23.7 Å². The molecule has 134 valence electrons. The lowest BCUT2D eigenvalue weighted by atomic mass is 10.1. The van der Waals surface area contributed by atoms with Gasteiger partial charge in [-0.3, -0.25) is 0 Å². The number of anilines is 4. The third kappa shape index (κ3) is 4.30. The van der Waals surface area contributed by atoms with Gasteiger partial charge in [0.1, 0.15) is 11.6 Å². The van der Waals surface area contributed by atoms with E-state index in [4.69, 9.17) is 4.74 Å². The average molecular weight is 348 g/mol. The lowest BCUT2D eigenvalue weighted by Crippen LogP contribution is -2.03. The first-order valence-electron chi connectivity index (χ1n) is 8.74. The second kappa shape index (κ2) is 7.87. The van der Waals surface area contributed by atoms with Gasteiger partial charge in [-0.1, -0.05) is 12.1 Å². The van der Waals surface area contributed by atoms with Crippen molar-refractivity contribution in [3.8, 4) is 5.75 Å². The number of nitrogens with one attached hydrogen (secondary N) is 2. The summed E-state index contributed by atoms with van der Waals surface area (Å²) >= 11 is 0. The Morgan fingerprint density at radius 2 is 1.69 bits per heavy atom. The molecule has 0 spiro atoms. The third-order valence-corrected chi connectivity index (χ3v) is 4.14. The molecule has 0 saturated carbocycles. The Morgan fingerprint density at radius 3 is 2.42 bits per heavy atom. The summed E-state index contributed by atoms with van der Waals surface area (Å²) in [4.78, 5) is 9.07. The average Bonchev–Trinajstić information content (AvgIpc) is 2.60. The van der Waals surface area contributed by atoms with E-state index in [2.05, 4.69) is 46.6 Å². The maximum Gasteiger partial charge on any atom is 0.229 e. The summed E-state index contributed by atoms with van der Waals surface area (Å²) in [7, 11) is 0. The molecule has 0 atom stereocenters. The Kier molecular flexibility index (Phi) is 5.37. The molecule has 1 aromatic heterocycles. The van der Waals surface area contributed by atoms with E-state index >= 15 is 0 Å². The van der Waals surface area contributed by atoms with Crippen molar-refractivity contribution in [2.45, 2.75) is 27.7 Å². The third-order valence-electron chi connectivity index (χ3n) is 4.14. The zero-order chi connectivity index (χ0) is 18.5. The number of aromatic nitrogens is 2. The molecule has 0 saturated heterocycles. The summed E-state index contributed by atoms with van der Waals surface area (Å²) in [6.45, 7) is 8.78. The zero-order valence-electron chi connectivity index (χ0n) is 15.6. The monoisotopic (exact) mass is 348 g/mol. The van der Waals surface area contributed by atoms with Crippen LogP contribution in [-0.4, -0.2) is 16.6 Å². The maximum atomic E-state index is 5.47. The predicted octanol–water partition coefficient (Wildman–Crippen LogP) is 5.29. The van der Waals surface area contributed by atoms with Gasteiger partial charge in [0.25, 0.3) is 0 Å². The van der Waals surface area contributed by atoms with Crippen LogP contribution in [0.15, 0.2) is 48.5 Å².